The highest BCUT2D eigenvalue weighted by Crippen LogP contribution is 2.37. The van der Waals surface area contributed by atoms with Gasteiger partial charge in [0.05, 0.1) is 11.9 Å². The SMILES string of the molecule is CC(c1nccc(-c2cnn(C)c2CC2CC2)n1)[C@H](C)C[C@H]1CC[C@H](N2CCCC2)CC1. The van der Waals surface area contributed by atoms with E-state index in [1.54, 1.807) is 0 Å². The summed E-state index contributed by atoms with van der Waals surface area (Å²) in [4.78, 5) is 12.5. The van der Waals surface area contributed by atoms with E-state index in [0.717, 1.165) is 35.8 Å². The Morgan fingerprint density at radius 3 is 2.44 bits per heavy atom. The van der Waals surface area contributed by atoms with Gasteiger partial charge in [0, 0.05) is 36.5 Å². The molecule has 3 heterocycles. The highest BCUT2D eigenvalue weighted by atomic mass is 15.3. The van der Waals surface area contributed by atoms with Gasteiger partial charge in [-0.25, -0.2) is 9.97 Å². The molecule has 5 rings (SSSR count). The molecule has 0 aromatic carbocycles. The summed E-state index contributed by atoms with van der Waals surface area (Å²) in [6, 6.07) is 2.93. The molecule has 3 aliphatic rings. The van der Waals surface area contributed by atoms with E-state index < -0.39 is 0 Å². The molecule has 2 aliphatic carbocycles. The van der Waals surface area contributed by atoms with Crippen molar-refractivity contribution < 1.29 is 0 Å². The average molecular weight is 436 g/mol. The predicted octanol–water partition coefficient (Wildman–Crippen LogP) is 5.61. The number of likely N-dealkylation sites (tertiary alicyclic amines) is 1. The molecule has 0 N–H and O–H groups in total. The average Bonchev–Trinajstić information content (AvgIpc) is 3.32. The van der Waals surface area contributed by atoms with Crippen LogP contribution in [0.3, 0.4) is 0 Å². The molecule has 0 radical (unpaired) electrons. The van der Waals surface area contributed by atoms with Crippen LogP contribution in [0.4, 0.5) is 0 Å². The van der Waals surface area contributed by atoms with Crippen LogP contribution in [-0.4, -0.2) is 43.8 Å². The number of nitrogens with zero attached hydrogens (tertiary/aromatic N) is 5. The lowest BCUT2D eigenvalue weighted by Gasteiger charge is -2.36. The van der Waals surface area contributed by atoms with Gasteiger partial charge in [0.2, 0.25) is 0 Å². The Balaban J connectivity index is 1.21. The molecule has 2 atom stereocenters. The van der Waals surface area contributed by atoms with Gasteiger partial charge in [0.1, 0.15) is 5.82 Å². The fourth-order valence-electron chi connectivity index (χ4n) is 6.09. The molecular formula is C27H41N5. The van der Waals surface area contributed by atoms with Crippen LogP contribution in [-0.2, 0) is 13.5 Å². The minimum absolute atomic E-state index is 0.384. The van der Waals surface area contributed by atoms with Crippen LogP contribution < -0.4 is 0 Å². The van der Waals surface area contributed by atoms with Crippen LogP contribution in [0.15, 0.2) is 18.5 Å². The van der Waals surface area contributed by atoms with Gasteiger partial charge in [-0.05, 0) is 101 Å². The lowest BCUT2D eigenvalue weighted by molar-refractivity contribution is 0.152. The van der Waals surface area contributed by atoms with Crippen LogP contribution in [0.25, 0.3) is 11.3 Å². The zero-order valence-corrected chi connectivity index (χ0v) is 20.3. The number of hydrogen-bond donors (Lipinski definition) is 0. The van der Waals surface area contributed by atoms with E-state index in [0.29, 0.717) is 11.8 Å². The minimum atomic E-state index is 0.384. The van der Waals surface area contributed by atoms with E-state index >= 15 is 0 Å². The van der Waals surface area contributed by atoms with E-state index in [4.69, 9.17) is 9.97 Å². The Morgan fingerprint density at radius 1 is 1.00 bits per heavy atom. The first kappa shape index (κ1) is 22.1. The molecule has 32 heavy (non-hydrogen) atoms. The molecule has 2 aromatic rings. The summed E-state index contributed by atoms with van der Waals surface area (Å²) in [6.45, 7) is 7.43. The molecule has 0 bridgehead atoms. The van der Waals surface area contributed by atoms with Crippen molar-refractivity contribution in [2.75, 3.05) is 13.1 Å². The molecule has 0 amide bonds. The lowest BCUT2D eigenvalue weighted by Crippen LogP contribution is -2.36. The van der Waals surface area contributed by atoms with Gasteiger partial charge in [-0.15, -0.1) is 0 Å². The Morgan fingerprint density at radius 2 is 1.72 bits per heavy atom. The number of rotatable bonds is 8. The quantitative estimate of drug-likeness (QED) is 0.540. The molecule has 1 aliphatic heterocycles. The summed E-state index contributed by atoms with van der Waals surface area (Å²) in [7, 11) is 2.06. The Hall–Kier alpha value is -1.75. The Kier molecular flexibility index (Phi) is 6.64. The first-order valence-electron chi connectivity index (χ1n) is 13.2. The molecule has 1 saturated heterocycles. The normalized spacial score (nSPS) is 26.3. The van der Waals surface area contributed by atoms with Crippen molar-refractivity contribution in [3.05, 3.63) is 30.0 Å². The van der Waals surface area contributed by atoms with Crippen LogP contribution in [0.1, 0.15) is 89.1 Å². The molecule has 0 spiro atoms. The van der Waals surface area contributed by atoms with E-state index in [-0.39, 0.29) is 0 Å². The van der Waals surface area contributed by atoms with Crippen molar-refractivity contribution in [3.8, 4) is 11.3 Å². The van der Waals surface area contributed by atoms with Crippen LogP contribution >= 0.6 is 0 Å². The van der Waals surface area contributed by atoms with Crippen molar-refractivity contribution in [1.82, 2.24) is 24.6 Å². The first-order valence-corrected chi connectivity index (χ1v) is 13.2. The van der Waals surface area contributed by atoms with E-state index in [1.807, 2.05) is 17.1 Å². The fraction of sp³-hybridized carbons (Fsp3) is 0.741. The summed E-state index contributed by atoms with van der Waals surface area (Å²) in [5, 5.41) is 4.55. The van der Waals surface area contributed by atoms with Crippen molar-refractivity contribution in [1.29, 1.82) is 0 Å². The van der Waals surface area contributed by atoms with Crippen LogP contribution in [0, 0.1) is 17.8 Å². The van der Waals surface area contributed by atoms with Gasteiger partial charge in [-0.1, -0.05) is 13.8 Å². The monoisotopic (exact) mass is 435 g/mol. The zero-order chi connectivity index (χ0) is 22.1. The summed E-state index contributed by atoms with van der Waals surface area (Å²) < 4.78 is 2.04. The van der Waals surface area contributed by atoms with Crippen molar-refractivity contribution in [2.24, 2.45) is 24.8 Å². The van der Waals surface area contributed by atoms with Crippen molar-refractivity contribution in [3.63, 3.8) is 0 Å². The standard InChI is InChI=1S/C27H41N5/c1-19(16-21-8-10-23(11-9-21)32-14-4-5-15-32)20(2)27-28-13-12-25(30-27)24-18-29-31(3)26(24)17-22-6-7-22/h12-13,18-23H,4-11,14-17H2,1-3H3/t19-,20?,21-,23-/m1/s1. The summed E-state index contributed by atoms with van der Waals surface area (Å²) in [5.41, 5.74) is 3.57. The van der Waals surface area contributed by atoms with E-state index in [2.05, 4.69) is 37.0 Å². The molecule has 3 fully saturated rings. The largest absolute Gasteiger partial charge is 0.300 e. The highest BCUT2D eigenvalue weighted by molar-refractivity contribution is 5.61. The van der Waals surface area contributed by atoms with Gasteiger partial charge >= 0.3 is 0 Å². The van der Waals surface area contributed by atoms with Gasteiger partial charge in [0.15, 0.2) is 0 Å². The molecular weight excluding hydrogens is 394 g/mol. The van der Waals surface area contributed by atoms with Gasteiger partial charge in [0.25, 0.3) is 0 Å². The molecule has 174 valence electrons. The van der Waals surface area contributed by atoms with Crippen molar-refractivity contribution in [2.45, 2.75) is 90.0 Å². The molecule has 5 nitrogen and oxygen atoms in total. The Bertz CT molecular complexity index is 887. The van der Waals surface area contributed by atoms with Gasteiger partial charge < -0.3 is 4.90 Å². The van der Waals surface area contributed by atoms with Crippen LogP contribution in [0.5, 0.6) is 0 Å². The smallest absolute Gasteiger partial charge is 0.132 e. The van der Waals surface area contributed by atoms with Gasteiger partial charge in [-0.3, -0.25) is 4.68 Å². The third-order valence-corrected chi connectivity index (χ3v) is 8.63. The maximum Gasteiger partial charge on any atom is 0.132 e. The van der Waals surface area contributed by atoms with E-state index in [1.165, 1.54) is 82.1 Å². The predicted molar refractivity (Wildman–Crippen MR) is 129 cm³/mol. The lowest BCUT2D eigenvalue weighted by atomic mass is 9.77. The summed E-state index contributed by atoms with van der Waals surface area (Å²) in [5.74, 6) is 3.71. The van der Waals surface area contributed by atoms with Crippen molar-refractivity contribution >= 4 is 0 Å². The minimum Gasteiger partial charge on any atom is -0.300 e. The second-order valence-electron chi connectivity index (χ2n) is 11.0. The second kappa shape index (κ2) is 9.62. The zero-order valence-electron chi connectivity index (χ0n) is 20.3. The van der Waals surface area contributed by atoms with Gasteiger partial charge in [-0.2, -0.15) is 5.10 Å². The molecule has 1 unspecified atom stereocenters. The topological polar surface area (TPSA) is 46.8 Å². The molecule has 5 heteroatoms. The summed E-state index contributed by atoms with van der Waals surface area (Å²) >= 11 is 0. The molecule has 2 saturated carbocycles. The maximum atomic E-state index is 5.05. The number of hydrogen-bond acceptors (Lipinski definition) is 4. The number of aryl methyl sites for hydroxylation is 1. The summed E-state index contributed by atoms with van der Waals surface area (Å²) in [6.07, 6.45) is 17.5. The van der Waals surface area contributed by atoms with E-state index in [9.17, 15) is 0 Å². The number of aromatic nitrogens is 4. The first-order chi connectivity index (χ1) is 15.6. The Labute approximate surface area is 194 Å². The highest BCUT2D eigenvalue weighted by Gasteiger charge is 2.30. The van der Waals surface area contributed by atoms with Crippen LogP contribution in [0.2, 0.25) is 0 Å². The second-order valence-corrected chi connectivity index (χ2v) is 11.0. The molecule has 2 aromatic heterocycles. The fourth-order valence-corrected chi connectivity index (χ4v) is 6.09. The third kappa shape index (κ3) is 4.93. The maximum absolute atomic E-state index is 5.05. The third-order valence-electron chi connectivity index (χ3n) is 8.63.